The van der Waals surface area contributed by atoms with Crippen molar-refractivity contribution in [2.75, 3.05) is 27.3 Å². The molecule has 0 aliphatic heterocycles. The van der Waals surface area contributed by atoms with Gasteiger partial charge in [0.25, 0.3) is 0 Å². The summed E-state index contributed by atoms with van der Waals surface area (Å²) in [7, 11) is -0.560. The van der Waals surface area contributed by atoms with E-state index in [0.29, 0.717) is 19.6 Å². The van der Waals surface area contributed by atoms with Crippen LogP contribution in [0.25, 0.3) is 0 Å². The number of sulfonamides is 1. The van der Waals surface area contributed by atoms with Crippen LogP contribution >= 0.6 is 15.9 Å². The lowest BCUT2D eigenvalue weighted by Crippen LogP contribution is -2.28. The van der Waals surface area contributed by atoms with Gasteiger partial charge in [0.2, 0.25) is 10.0 Å². The smallest absolute Gasteiger partial charge is 0.247 e. The van der Waals surface area contributed by atoms with Crippen molar-refractivity contribution in [2.45, 2.75) is 17.9 Å². The molecule has 0 aromatic carbocycles. The van der Waals surface area contributed by atoms with Crippen LogP contribution in [0, 0.1) is 0 Å². The van der Waals surface area contributed by atoms with Crippen molar-refractivity contribution in [2.24, 2.45) is 0 Å². The second kappa shape index (κ2) is 6.67. The van der Waals surface area contributed by atoms with Crippen molar-refractivity contribution in [3.8, 4) is 0 Å². The van der Waals surface area contributed by atoms with Gasteiger partial charge in [-0.25, -0.2) is 12.7 Å². The van der Waals surface area contributed by atoms with Crippen LogP contribution in [0.1, 0.15) is 12.2 Å². The quantitative estimate of drug-likeness (QED) is 0.753. The molecule has 0 radical (unpaired) electrons. The molecule has 1 heterocycles. The van der Waals surface area contributed by atoms with Crippen molar-refractivity contribution in [1.82, 2.24) is 4.31 Å². The summed E-state index contributed by atoms with van der Waals surface area (Å²) in [5.41, 5.74) is 0. The molecule has 0 fully saturated rings. The maximum absolute atomic E-state index is 12.2. The van der Waals surface area contributed by atoms with Gasteiger partial charge in [0.05, 0.1) is 0 Å². The minimum absolute atomic E-state index is 0.0199. The molecule has 0 unspecified atom stereocenters. The fraction of sp³-hybridized carbons (Fsp3) is 0.600. The standard InChI is InChI=1S/C10H16BrNO5S/c1-12(4-3-5-16-2)18(14,15)9-6-8(7-13)17-10(9)11/h6,13H,3-5,7H2,1-2H3. The molecule has 8 heteroatoms. The number of furan rings is 1. The normalized spacial score (nSPS) is 12.3. The summed E-state index contributed by atoms with van der Waals surface area (Å²) in [5, 5.41) is 8.91. The zero-order chi connectivity index (χ0) is 13.8. The van der Waals surface area contributed by atoms with Crippen molar-refractivity contribution in [3.05, 3.63) is 16.5 Å². The van der Waals surface area contributed by atoms with Crippen molar-refractivity contribution >= 4 is 26.0 Å². The second-order valence-electron chi connectivity index (χ2n) is 3.68. The number of ether oxygens (including phenoxy) is 1. The molecule has 0 saturated heterocycles. The maximum atomic E-state index is 12.2. The average molecular weight is 342 g/mol. The van der Waals surface area contributed by atoms with Gasteiger partial charge in [-0.05, 0) is 22.4 Å². The van der Waals surface area contributed by atoms with E-state index < -0.39 is 10.0 Å². The number of hydrogen-bond acceptors (Lipinski definition) is 5. The molecule has 0 bridgehead atoms. The summed E-state index contributed by atoms with van der Waals surface area (Å²) < 4.78 is 35.6. The van der Waals surface area contributed by atoms with Gasteiger partial charge < -0.3 is 14.3 Å². The number of nitrogens with zero attached hydrogens (tertiary/aromatic N) is 1. The third-order valence-corrected chi connectivity index (χ3v) is 5.09. The molecule has 0 aliphatic rings. The van der Waals surface area contributed by atoms with Gasteiger partial charge in [-0.3, -0.25) is 0 Å². The van der Waals surface area contributed by atoms with E-state index in [4.69, 9.17) is 14.3 Å². The fourth-order valence-corrected chi connectivity index (χ4v) is 3.54. The minimum atomic E-state index is -3.61. The van der Waals surface area contributed by atoms with Crippen LogP contribution in [0.4, 0.5) is 0 Å². The molecule has 1 rings (SSSR count). The Morgan fingerprint density at radius 2 is 2.22 bits per heavy atom. The second-order valence-corrected chi connectivity index (χ2v) is 6.42. The zero-order valence-corrected chi connectivity index (χ0v) is 12.6. The van der Waals surface area contributed by atoms with Gasteiger partial charge in [-0.1, -0.05) is 0 Å². The maximum Gasteiger partial charge on any atom is 0.247 e. The van der Waals surface area contributed by atoms with Gasteiger partial charge in [0.1, 0.15) is 17.3 Å². The van der Waals surface area contributed by atoms with Crippen LogP contribution in [0.3, 0.4) is 0 Å². The molecule has 0 atom stereocenters. The molecule has 1 N–H and O–H groups in total. The van der Waals surface area contributed by atoms with Gasteiger partial charge in [-0.2, -0.15) is 0 Å². The third kappa shape index (κ3) is 3.55. The Kier molecular flexibility index (Phi) is 5.80. The highest BCUT2D eigenvalue weighted by molar-refractivity contribution is 9.10. The largest absolute Gasteiger partial charge is 0.450 e. The third-order valence-electron chi connectivity index (χ3n) is 2.37. The number of aliphatic hydroxyl groups is 1. The highest BCUT2D eigenvalue weighted by Crippen LogP contribution is 2.28. The Morgan fingerprint density at radius 1 is 1.56 bits per heavy atom. The summed E-state index contributed by atoms with van der Waals surface area (Å²) >= 11 is 3.04. The number of methoxy groups -OCH3 is 1. The fourth-order valence-electron chi connectivity index (χ4n) is 1.37. The predicted molar refractivity (Wildman–Crippen MR) is 68.6 cm³/mol. The van der Waals surface area contributed by atoms with Gasteiger partial charge >= 0.3 is 0 Å². The van der Waals surface area contributed by atoms with E-state index in [1.807, 2.05) is 0 Å². The Hall–Kier alpha value is -0.410. The Morgan fingerprint density at radius 3 is 2.72 bits per heavy atom. The minimum Gasteiger partial charge on any atom is -0.450 e. The Bertz CT molecular complexity index is 484. The van der Waals surface area contributed by atoms with Crippen LogP contribution in [-0.2, 0) is 21.4 Å². The summed E-state index contributed by atoms with van der Waals surface area (Å²) in [6, 6.07) is 1.31. The van der Waals surface area contributed by atoms with Gasteiger partial charge in [0.15, 0.2) is 4.67 Å². The van der Waals surface area contributed by atoms with E-state index in [1.165, 1.54) is 17.4 Å². The molecule has 0 spiro atoms. The monoisotopic (exact) mass is 341 g/mol. The molecule has 104 valence electrons. The summed E-state index contributed by atoms with van der Waals surface area (Å²) in [5.74, 6) is 0.200. The van der Waals surface area contributed by atoms with Crippen LogP contribution < -0.4 is 0 Å². The first-order valence-corrected chi connectivity index (χ1v) is 7.51. The van der Waals surface area contributed by atoms with E-state index in [9.17, 15) is 8.42 Å². The summed E-state index contributed by atoms with van der Waals surface area (Å²) in [4.78, 5) is 0.0199. The Labute approximate surface area is 115 Å². The zero-order valence-electron chi connectivity index (χ0n) is 10.2. The molecule has 6 nitrogen and oxygen atoms in total. The van der Waals surface area contributed by atoms with Gasteiger partial charge in [0, 0.05) is 33.4 Å². The average Bonchev–Trinajstić information content (AvgIpc) is 2.71. The van der Waals surface area contributed by atoms with E-state index in [-0.39, 0.29) is 21.9 Å². The molecule has 18 heavy (non-hydrogen) atoms. The molecule has 1 aromatic heterocycles. The SMILES string of the molecule is COCCCN(C)S(=O)(=O)c1cc(CO)oc1Br. The van der Waals surface area contributed by atoms with E-state index in [0.717, 1.165) is 0 Å². The van der Waals surface area contributed by atoms with Crippen molar-refractivity contribution < 1.29 is 22.7 Å². The number of halogens is 1. The summed E-state index contributed by atoms with van der Waals surface area (Å²) in [6.07, 6.45) is 0.606. The molecular weight excluding hydrogens is 326 g/mol. The van der Waals surface area contributed by atoms with E-state index >= 15 is 0 Å². The van der Waals surface area contributed by atoms with Crippen LogP contribution in [0.2, 0.25) is 0 Å². The highest BCUT2D eigenvalue weighted by Gasteiger charge is 2.26. The predicted octanol–water partition coefficient (Wildman–Crippen LogP) is 1.19. The first-order chi connectivity index (χ1) is 8.43. The topological polar surface area (TPSA) is 80.0 Å². The summed E-state index contributed by atoms with van der Waals surface area (Å²) in [6.45, 7) is 0.498. The lowest BCUT2D eigenvalue weighted by molar-refractivity contribution is 0.189. The van der Waals surface area contributed by atoms with Gasteiger partial charge in [-0.15, -0.1) is 0 Å². The van der Waals surface area contributed by atoms with Crippen molar-refractivity contribution in [1.29, 1.82) is 0 Å². The first kappa shape index (κ1) is 15.6. The van der Waals surface area contributed by atoms with Crippen molar-refractivity contribution in [3.63, 3.8) is 0 Å². The molecule has 0 saturated carbocycles. The number of rotatable bonds is 7. The molecular formula is C10H16BrNO5S. The molecule has 0 amide bonds. The molecule has 0 aliphatic carbocycles. The Balaban J connectivity index is 2.87. The molecule has 1 aromatic rings. The van der Waals surface area contributed by atoms with Crippen LogP contribution in [0.15, 0.2) is 20.0 Å². The lowest BCUT2D eigenvalue weighted by atomic mass is 10.5. The first-order valence-electron chi connectivity index (χ1n) is 5.27. The van der Waals surface area contributed by atoms with Crippen LogP contribution in [-0.4, -0.2) is 45.1 Å². The highest BCUT2D eigenvalue weighted by atomic mass is 79.9. The number of hydrogen-bond donors (Lipinski definition) is 1. The number of aliphatic hydroxyl groups excluding tert-OH is 1. The van der Waals surface area contributed by atoms with Crippen LogP contribution in [0.5, 0.6) is 0 Å². The van der Waals surface area contributed by atoms with E-state index in [2.05, 4.69) is 15.9 Å². The van der Waals surface area contributed by atoms with E-state index in [1.54, 1.807) is 7.11 Å². The lowest BCUT2D eigenvalue weighted by Gasteiger charge is -2.15.